The summed E-state index contributed by atoms with van der Waals surface area (Å²) in [6.07, 6.45) is 5.55. The molecule has 1 amide bonds. The molecule has 0 saturated heterocycles. The van der Waals surface area contributed by atoms with Crippen LogP contribution in [0.15, 0.2) is 67.1 Å². The molecule has 0 bridgehead atoms. The number of carbonyl (C=O) groups excluding carboxylic acids is 1. The minimum atomic E-state index is 0.0662. The number of amides is 1. The molecule has 6 heteroatoms. The van der Waals surface area contributed by atoms with Crippen molar-refractivity contribution < 1.29 is 4.79 Å². The molecule has 2 aromatic carbocycles. The van der Waals surface area contributed by atoms with Gasteiger partial charge in [-0.3, -0.25) is 14.6 Å². The highest BCUT2D eigenvalue weighted by Crippen LogP contribution is 2.32. The first kappa shape index (κ1) is 16.5. The first-order valence-electron chi connectivity index (χ1n) is 9.18. The fraction of sp³-hybridized carbons (Fsp3) is 0.136. The lowest BCUT2D eigenvalue weighted by Gasteiger charge is -2.16. The fourth-order valence-electron chi connectivity index (χ4n) is 3.77. The highest BCUT2D eigenvalue weighted by atomic mass is 16.2. The van der Waals surface area contributed by atoms with Gasteiger partial charge in [-0.15, -0.1) is 0 Å². The molecule has 0 unspecified atom stereocenters. The van der Waals surface area contributed by atoms with Gasteiger partial charge < -0.3 is 4.90 Å². The third kappa shape index (κ3) is 2.79. The number of aryl methyl sites for hydroxylation is 1. The van der Waals surface area contributed by atoms with E-state index in [0.717, 1.165) is 39.1 Å². The van der Waals surface area contributed by atoms with Crippen LogP contribution in [-0.4, -0.2) is 30.8 Å². The molecular formula is C22H19N5O. The number of rotatable bonds is 4. The SMILES string of the molecule is Cn1cc(-c2ccc(CN3Cc4cccc(-c5ccn[nH]5)c4C3=O)cc2)cn1. The van der Waals surface area contributed by atoms with E-state index in [9.17, 15) is 4.79 Å². The third-order valence-corrected chi connectivity index (χ3v) is 5.17. The van der Waals surface area contributed by atoms with Crippen molar-refractivity contribution in [2.75, 3.05) is 0 Å². The zero-order valence-electron chi connectivity index (χ0n) is 15.5. The molecular weight excluding hydrogens is 350 g/mol. The monoisotopic (exact) mass is 369 g/mol. The van der Waals surface area contributed by atoms with Gasteiger partial charge in [0, 0.05) is 43.7 Å². The molecule has 2 aromatic heterocycles. The van der Waals surface area contributed by atoms with Gasteiger partial charge in [0.05, 0.1) is 17.5 Å². The third-order valence-electron chi connectivity index (χ3n) is 5.17. The lowest BCUT2D eigenvalue weighted by Crippen LogP contribution is -2.23. The van der Waals surface area contributed by atoms with Crippen LogP contribution in [0, 0.1) is 0 Å². The summed E-state index contributed by atoms with van der Waals surface area (Å²) in [6.45, 7) is 1.21. The van der Waals surface area contributed by atoms with E-state index in [2.05, 4.69) is 39.6 Å². The van der Waals surface area contributed by atoms with Gasteiger partial charge in [-0.2, -0.15) is 10.2 Å². The maximum absolute atomic E-state index is 13.1. The van der Waals surface area contributed by atoms with Crippen LogP contribution in [0.25, 0.3) is 22.4 Å². The number of nitrogens with zero attached hydrogens (tertiary/aromatic N) is 4. The Labute approximate surface area is 162 Å². The highest BCUT2D eigenvalue weighted by Gasteiger charge is 2.30. The summed E-state index contributed by atoms with van der Waals surface area (Å²) in [7, 11) is 1.91. The topological polar surface area (TPSA) is 66.8 Å². The van der Waals surface area contributed by atoms with Crippen molar-refractivity contribution in [2.45, 2.75) is 13.1 Å². The minimum Gasteiger partial charge on any atom is -0.330 e. The molecule has 1 aliphatic rings. The van der Waals surface area contributed by atoms with Crippen LogP contribution in [0.4, 0.5) is 0 Å². The van der Waals surface area contributed by atoms with Crippen LogP contribution in [-0.2, 0) is 20.1 Å². The Bertz CT molecular complexity index is 1140. The van der Waals surface area contributed by atoms with Crippen LogP contribution in [0.5, 0.6) is 0 Å². The maximum atomic E-state index is 13.1. The first-order valence-corrected chi connectivity index (χ1v) is 9.18. The van der Waals surface area contributed by atoms with Crippen molar-refractivity contribution in [1.82, 2.24) is 24.9 Å². The second kappa shape index (κ2) is 6.49. The van der Waals surface area contributed by atoms with Gasteiger partial charge in [0.15, 0.2) is 0 Å². The highest BCUT2D eigenvalue weighted by molar-refractivity contribution is 6.04. The quantitative estimate of drug-likeness (QED) is 0.597. The Balaban J connectivity index is 1.38. The normalized spacial score (nSPS) is 13.2. The Morgan fingerprint density at radius 2 is 1.93 bits per heavy atom. The molecule has 0 fully saturated rings. The largest absolute Gasteiger partial charge is 0.330 e. The molecule has 1 aliphatic heterocycles. The molecule has 138 valence electrons. The van der Waals surface area contributed by atoms with Gasteiger partial charge in [0.25, 0.3) is 5.91 Å². The van der Waals surface area contributed by atoms with Crippen molar-refractivity contribution in [3.63, 3.8) is 0 Å². The number of nitrogens with one attached hydrogen (secondary N) is 1. The molecule has 1 N–H and O–H groups in total. The number of aromatic amines is 1. The molecule has 28 heavy (non-hydrogen) atoms. The van der Waals surface area contributed by atoms with Crippen LogP contribution >= 0.6 is 0 Å². The molecule has 3 heterocycles. The van der Waals surface area contributed by atoms with Crippen LogP contribution in [0.1, 0.15) is 21.5 Å². The number of hydrogen-bond acceptors (Lipinski definition) is 3. The Hall–Kier alpha value is -3.67. The summed E-state index contributed by atoms with van der Waals surface area (Å²) in [6, 6.07) is 16.2. The Morgan fingerprint density at radius 3 is 2.64 bits per heavy atom. The zero-order valence-corrected chi connectivity index (χ0v) is 15.5. The molecule has 0 saturated carbocycles. The number of benzene rings is 2. The van der Waals surface area contributed by atoms with Crippen molar-refractivity contribution in [1.29, 1.82) is 0 Å². The van der Waals surface area contributed by atoms with Crippen molar-refractivity contribution in [3.05, 3.63) is 83.8 Å². The van der Waals surface area contributed by atoms with E-state index in [0.29, 0.717) is 13.1 Å². The summed E-state index contributed by atoms with van der Waals surface area (Å²) in [5.41, 5.74) is 6.93. The predicted octanol–water partition coefficient (Wildman–Crippen LogP) is 3.63. The second-order valence-corrected chi connectivity index (χ2v) is 7.07. The van der Waals surface area contributed by atoms with Gasteiger partial charge in [-0.05, 0) is 22.8 Å². The smallest absolute Gasteiger partial charge is 0.255 e. The summed E-state index contributed by atoms with van der Waals surface area (Å²) in [4.78, 5) is 15.0. The number of hydrogen-bond donors (Lipinski definition) is 1. The van der Waals surface area contributed by atoms with E-state index in [1.54, 1.807) is 10.9 Å². The van der Waals surface area contributed by atoms with Gasteiger partial charge in [-0.1, -0.05) is 42.5 Å². The van der Waals surface area contributed by atoms with Crippen molar-refractivity contribution >= 4 is 5.91 Å². The second-order valence-electron chi connectivity index (χ2n) is 7.07. The molecule has 0 aliphatic carbocycles. The summed E-state index contributed by atoms with van der Waals surface area (Å²) < 4.78 is 1.79. The zero-order chi connectivity index (χ0) is 19.1. The summed E-state index contributed by atoms with van der Waals surface area (Å²) >= 11 is 0. The first-order chi connectivity index (χ1) is 13.7. The van der Waals surface area contributed by atoms with E-state index in [4.69, 9.17) is 0 Å². The van der Waals surface area contributed by atoms with Crippen molar-refractivity contribution in [3.8, 4) is 22.4 Å². The van der Waals surface area contributed by atoms with Gasteiger partial charge in [0.1, 0.15) is 0 Å². The standard InChI is InChI=1S/C22H19N5O/c1-26-13-18(11-24-26)16-7-5-15(6-8-16)12-27-14-17-3-2-4-19(21(17)22(27)28)20-9-10-23-25-20/h2-11,13H,12,14H2,1H3,(H,23,25). The van der Waals surface area contributed by atoms with E-state index in [1.165, 1.54) is 0 Å². The predicted molar refractivity (Wildman–Crippen MR) is 106 cm³/mol. The summed E-state index contributed by atoms with van der Waals surface area (Å²) in [5, 5.41) is 11.2. The lowest BCUT2D eigenvalue weighted by molar-refractivity contribution is 0.0767. The molecule has 0 spiro atoms. The van der Waals surface area contributed by atoms with Crippen LogP contribution in [0.2, 0.25) is 0 Å². The van der Waals surface area contributed by atoms with Gasteiger partial charge in [-0.25, -0.2) is 0 Å². The van der Waals surface area contributed by atoms with Crippen molar-refractivity contribution in [2.24, 2.45) is 7.05 Å². The molecule has 0 radical (unpaired) electrons. The van der Waals surface area contributed by atoms with Crippen LogP contribution in [0.3, 0.4) is 0 Å². The number of H-pyrrole nitrogens is 1. The lowest BCUT2D eigenvalue weighted by atomic mass is 10.0. The average Bonchev–Trinajstić information content (AvgIpc) is 3.44. The van der Waals surface area contributed by atoms with Crippen LogP contribution < -0.4 is 0 Å². The van der Waals surface area contributed by atoms with Gasteiger partial charge in [0.2, 0.25) is 0 Å². The number of carbonyl (C=O) groups is 1. The fourth-order valence-corrected chi connectivity index (χ4v) is 3.77. The molecule has 4 aromatic rings. The maximum Gasteiger partial charge on any atom is 0.255 e. The molecule has 0 atom stereocenters. The Kier molecular flexibility index (Phi) is 3.83. The average molecular weight is 369 g/mol. The Morgan fingerprint density at radius 1 is 1.07 bits per heavy atom. The molecule has 5 rings (SSSR count). The van der Waals surface area contributed by atoms with Gasteiger partial charge >= 0.3 is 0 Å². The van der Waals surface area contributed by atoms with E-state index in [1.807, 2.05) is 48.6 Å². The number of fused-ring (bicyclic) bond motifs is 1. The van der Waals surface area contributed by atoms with E-state index >= 15 is 0 Å². The summed E-state index contributed by atoms with van der Waals surface area (Å²) in [5.74, 6) is 0.0662. The van der Waals surface area contributed by atoms with E-state index < -0.39 is 0 Å². The van der Waals surface area contributed by atoms with E-state index in [-0.39, 0.29) is 5.91 Å². The molecule has 6 nitrogen and oxygen atoms in total. The number of aromatic nitrogens is 4. The minimum absolute atomic E-state index is 0.0662.